The molecule has 0 nitrogen and oxygen atoms in total. The van der Waals surface area contributed by atoms with Crippen LogP contribution in [-0.2, 0) is 0 Å². The van der Waals surface area contributed by atoms with Crippen LogP contribution >= 0.6 is 0 Å². The molecule has 0 aromatic rings. The molecular formula is C10H11F3. The predicted molar refractivity (Wildman–Crippen MR) is 42.2 cm³/mol. The van der Waals surface area contributed by atoms with Gasteiger partial charge in [0.05, 0.1) is 0 Å². The van der Waals surface area contributed by atoms with Crippen LogP contribution in [0.4, 0.5) is 13.2 Å². The van der Waals surface area contributed by atoms with Gasteiger partial charge in [-0.1, -0.05) is 12.2 Å². The number of fused-ring (bicyclic) bond motifs is 5. The maximum Gasteiger partial charge on any atom is 0.285 e. The van der Waals surface area contributed by atoms with E-state index in [2.05, 4.69) is 0 Å². The molecule has 3 aliphatic rings. The number of alkyl halides is 3. The SMILES string of the molecule is CC1(F)C2C3C=CC(C3)C2C1(F)F. The Labute approximate surface area is 74.8 Å². The molecule has 13 heavy (non-hydrogen) atoms. The van der Waals surface area contributed by atoms with Crippen molar-refractivity contribution in [2.24, 2.45) is 23.7 Å². The summed E-state index contributed by atoms with van der Waals surface area (Å²) in [5.41, 5.74) is -2.26. The molecule has 3 heteroatoms. The second-order valence-electron chi connectivity index (χ2n) is 4.70. The molecule has 0 N–H and O–H groups in total. The molecule has 0 heterocycles. The van der Waals surface area contributed by atoms with Gasteiger partial charge in [-0.3, -0.25) is 0 Å². The molecular weight excluding hydrogens is 177 g/mol. The van der Waals surface area contributed by atoms with Crippen LogP contribution in [0.1, 0.15) is 13.3 Å². The summed E-state index contributed by atoms with van der Waals surface area (Å²) in [5, 5.41) is 0. The average molecular weight is 188 g/mol. The lowest BCUT2D eigenvalue weighted by Gasteiger charge is -2.55. The van der Waals surface area contributed by atoms with Crippen LogP contribution in [0.15, 0.2) is 12.2 Å². The molecule has 3 rings (SSSR count). The second-order valence-corrected chi connectivity index (χ2v) is 4.70. The molecule has 2 fully saturated rings. The third-order valence-electron chi connectivity index (χ3n) is 4.16. The van der Waals surface area contributed by atoms with Crippen molar-refractivity contribution in [3.8, 4) is 0 Å². The van der Waals surface area contributed by atoms with Crippen molar-refractivity contribution < 1.29 is 13.2 Å². The minimum Gasteiger partial charge on any atom is -0.237 e. The zero-order valence-electron chi connectivity index (χ0n) is 7.31. The predicted octanol–water partition coefficient (Wildman–Crippen LogP) is 2.80. The van der Waals surface area contributed by atoms with Crippen molar-refractivity contribution in [2.75, 3.05) is 0 Å². The fraction of sp³-hybridized carbons (Fsp3) is 0.800. The van der Waals surface area contributed by atoms with Gasteiger partial charge in [0.2, 0.25) is 0 Å². The fourth-order valence-electron chi connectivity index (χ4n) is 3.51. The summed E-state index contributed by atoms with van der Waals surface area (Å²) in [4.78, 5) is 0. The van der Waals surface area contributed by atoms with Gasteiger partial charge in [-0.2, -0.15) is 0 Å². The number of hydrogen-bond acceptors (Lipinski definition) is 0. The third-order valence-corrected chi connectivity index (χ3v) is 4.16. The Kier molecular flexibility index (Phi) is 1.10. The van der Waals surface area contributed by atoms with E-state index >= 15 is 0 Å². The number of hydrogen-bond donors (Lipinski definition) is 0. The Bertz CT molecular complexity index is 265. The first-order chi connectivity index (χ1) is 5.96. The summed E-state index contributed by atoms with van der Waals surface area (Å²) in [7, 11) is 0. The van der Waals surface area contributed by atoms with Crippen molar-refractivity contribution in [2.45, 2.75) is 24.9 Å². The summed E-state index contributed by atoms with van der Waals surface area (Å²) < 4.78 is 40.3. The van der Waals surface area contributed by atoms with Crippen molar-refractivity contribution in [1.29, 1.82) is 0 Å². The minimum absolute atomic E-state index is 0.0613. The van der Waals surface area contributed by atoms with Crippen LogP contribution in [0.25, 0.3) is 0 Å². The average Bonchev–Trinajstić information content (AvgIpc) is 2.60. The van der Waals surface area contributed by atoms with E-state index in [9.17, 15) is 13.2 Å². The Morgan fingerprint density at radius 3 is 2.15 bits per heavy atom. The van der Waals surface area contributed by atoms with Crippen molar-refractivity contribution >= 4 is 0 Å². The Morgan fingerprint density at radius 2 is 1.62 bits per heavy atom. The monoisotopic (exact) mass is 188 g/mol. The molecule has 0 amide bonds. The van der Waals surface area contributed by atoms with Crippen LogP contribution in [0, 0.1) is 23.7 Å². The molecule has 0 saturated heterocycles. The van der Waals surface area contributed by atoms with Crippen molar-refractivity contribution in [3.05, 3.63) is 12.2 Å². The molecule has 5 unspecified atom stereocenters. The standard InChI is InChI=1S/C10H11F3/c1-9(11)7-5-2-3-6(4-5)8(7)10(9,12)13/h2-3,5-8H,4H2,1H3. The van der Waals surface area contributed by atoms with E-state index in [1.807, 2.05) is 12.2 Å². The first-order valence-corrected chi connectivity index (χ1v) is 4.71. The van der Waals surface area contributed by atoms with E-state index in [4.69, 9.17) is 0 Å². The minimum atomic E-state index is -3.10. The fourth-order valence-corrected chi connectivity index (χ4v) is 3.51. The summed E-state index contributed by atoms with van der Waals surface area (Å²) in [6.07, 6.45) is 4.50. The van der Waals surface area contributed by atoms with Crippen LogP contribution in [-0.4, -0.2) is 11.6 Å². The van der Waals surface area contributed by atoms with Crippen molar-refractivity contribution in [3.63, 3.8) is 0 Å². The molecule has 0 spiro atoms. The summed E-state index contributed by atoms with van der Waals surface area (Å²) in [5.74, 6) is -4.21. The van der Waals surface area contributed by atoms with Crippen LogP contribution in [0.2, 0.25) is 0 Å². The Balaban J connectivity index is 2.04. The number of rotatable bonds is 0. The highest BCUT2D eigenvalue weighted by molar-refractivity contribution is 5.28. The lowest BCUT2D eigenvalue weighted by Crippen LogP contribution is -2.68. The lowest BCUT2D eigenvalue weighted by molar-refractivity contribution is -0.292. The molecule has 2 saturated carbocycles. The van der Waals surface area contributed by atoms with Gasteiger partial charge >= 0.3 is 0 Å². The topological polar surface area (TPSA) is 0 Å². The van der Waals surface area contributed by atoms with Gasteiger partial charge in [0, 0.05) is 11.8 Å². The third kappa shape index (κ3) is 0.607. The molecule has 3 aliphatic carbocycles. The Morgan fingerprint density at radius 1 is 1.08 bits per heavy atom. The molecule has 2 bridgehead atoms. The number of halogens is 3. The van der Waals surface area contributed by atoms with Gasteiger partial charge in [0.15, 0.2) is 5.67 Å². The molecule has 0 aromatic carbocycles. The van der Waals surface area contributed by atoms with E-state index in [-0.39, 0.29) is 11.8 Å². The zero-order valence-corrected chi connectivity index (χ0v) is 7.31. The number of allylic oxidation sites excluding steroid dienone is 2. The highest BCUT2D eigenvalue weighted by atomic mass is 19.3. The highest BCUT2D eigenvalue weighted by Crippen LogP contribution is 2.70. The molecule has 0 aliphatic heterocycles. The van der Waals surface area contributed by atoms with Crippen LogP contribution in [0.5, 0.6) is 0 Å². The van der Waals surface area contributed by atoms with Gasteiger partial charge < -0.3 is 0 Å². The quantitative estimate of drug-likeness (QED) is 0.513. The summed E-state index contributed by atoms with van der Waals surface area (Å²) in [6, 6.07) is 0. The second kappa shape index (κ2) is 1.82. The first-order valence-electron chi connectivity index (χ1n) is 4.71. The first kappa shape index (κ1) is 7.89. The molecule has 5 atom stereocenters. The maximum atomic E-state index is 13.6. The van der Waals surface area contributed by atoms with E-state index in [1.54, 1.807) is 0 Å². The molecule has 0 radical (unpaired) electrons. The summed E-state index contributed by atoms with van der Waals surface area (Å²) >= 11 is 0. The van der Waals surface area contributed by atoms with E-state index in [0.29, 0.717) is 0 Å². The molecule has 72 valence electrons. The van der Waals surface area contributed by atoms with E-state index in [1.165, 1.54) is 0 Å². The van der Waals surface area contributed by atoms with Gasteiger partial charge in [0.25, 0.3) is 5.92 Å². The summed E-state index contributed by atoms with van der Waals surface area (Å²) in [6.45, 7) is 1.06. The van der Waals surface area contributed by atoms with E-state index in [0.717, 1.165) is 13.3 Å². The van der Waals surface area contributed by atoms with Gasteiger partial charge in [-0.15, -0.1) is 0 Å². The lowest BCUT2D eigenvalue weighted by atomic mass is 9.56. The molecule has 0 aromatic heterocycles. The van der Waals surface area contributed by atoms with Gasteiger partial charge in [-0.25, -0.2) is 13.2 Å². The van der Waals surface area contributed by atoms with Gasteiger partial charge in [-0.05, 0) is 25.2 Å². The largest absolute Gasteiger partial charge is 0.285 e. The normalized spacial score (nSPS) is 60.6. The van der Waals surface area contributed by atoms with Gasteiger partial charge in [0.1, 0.15) is 0 Å². The van der Waals surface area contributed by atoms with Crippen LogP contribution in [0.3, 0.4) is 0 Å². The van der Waals surface area contributed by atoms with Crippen LogP contribution < -0.4 is 0 Å². The van der Waals surface area contributed by atoms with Crippen molar-refractivity contribution in [1.82, 2.24) is 0 Å². The smallest absolute Gasteiger partial charge is 0.237 e. The zero-order chi connectivity index (χ0) is 9.43. The van der Waals surface area contributed by atoms with E-state index < -0.39 is 23.4 Å². The maximum absolute atomic E-state index is 13.6. The Hall–Kier alpha value is -0.470. The highest BCUT2D eigenvalue weighted by Gasteiger charge is 2.79.